The first-order valence-electron chi connectivity index (χ1n) is 4.51. The standard InChI is InChI=1S/C9H9F2N3O/c10-7-3-14(4-8(7)11)9-12-1-6(5-15)2-13-9/h1-2,5,7-8H,3-4H2/t7-,8+. The Labute approximate surface area is 84.9 Å². The van der Waals surface area contributed by atoms with E-state index in [0.29, 0.717) is 11.8 Å². The van der Waals surface area contributed by atoms with E-state index in [-0.39, 0.29) is 19.0 Å². The van der Waals surface area contributed by atoms with Crippen molar-refractivity contribution < 1.29 is 13.6 Å². The van der Waals surface area contributed by atoms with E-state index in [1.807, 2.05) is 0 Å². The second-order valence-corrected chi connectivity index (χ2v) is 3.37. The summed E-state index contributed by atoms with van der Waals surface area (Å²) in [7, 11) is 0. The van der Waals surface area contributed by atoms with E-state index in [9.17, 15) is 13.6 Å². The van der Waals surface area contributed by atoms with Crippen LogP contribution < -0.4 is 4.90 Å². The molecule has 1 aliphatic heterocycles. The predicted octanol–water partition coefficient (Wildman–Crippen LogP) is 0.785. The van der Waals surface area contributed by atoms with Gasteiger partial charge in [-0.25, -0.2) is 18.7 Å². The Hall–Kier alpha value is -1.59. The smallest absolute Gasteiger partial charge is 0.225 e. The van der Waals surface area contributed by atoms with Gasteiger partial charge in [0.05, 0.1) is 18.7 Å². The minimum absolute atomic E-state index is 0.0401. The summed E-state index contributed by atoms with van der Waals surface area (Å²) in [5.41, 5.74) is 0.339. The zero-order chi connectivity index (χ0) is 10.8. The highest BCUT2D eigenvalue weighted by Gasteiger charge is 2.33. The molecule has 4 nitrogen and oxygen atoms in total. The Balaban J connectivity index is 2.13. The van der Waals surface area contributed by atoms with Gasteiger partial charge < -0.3 is 4.90 Å². The molecule has 1 aromatic heterocycles. The van der Waals surface area contributed by atoms with Crippen LogP contribution in [0.2, 0.25) is 0 Å². The first kappa shape index (κ1) is 9.95. The average molecular weight is 213 g/mol. The van der Waals surface area contributed by atoms with E-state index in [1.165, 1.54) is 17.3 Å². The molecule has 15 heavy (non-hydrogen) atoms. The van der Waals surface area contributed by atoms with Crippen LogP contribution in [-0.2, 0) is 0 Å². The van der Waals surface area contributed by atoms with Crippen LogP contribution in [0, 0.1) is 0 Å². The normalized spacial score (nSPS) is 25.6. The number of hydrogen-bond donors (Lipinski definition) is 0. The van der Waals surface area contributed by atoms with Crippen molar-refractivity contribution in [1.29, 1.82) is 0 Å². The Kier molecular flexibility index (Phi) is 2.57. The molecule has 0 radical (unpaired) electrons. The minimum atomic E-state index is -1.49. The predicted molar refractivity (Wildman–Crippen MR) is 49.4 cm³/mol. The number of aromatic nitrogens is 2. The van der Waals surface area contributed by atoms with Gasteiger partial charge in [0.1, 0.15) is 0 Å². The quantitative estimate of drug-likeness (QED) is 0.681. The first-order valence-corrected chi connectivity index (χ1v) is 4.51. The molecule has 0 unspecified atom stereocenters. The fourth-order valence-electron chi connectivity index (χ4n) is 1.44. The third-order valence-electron chi connectivity index (χ3n) is 2.26. The molecular weight excluding hydrogens is 204 g/mol. The molecular formula is C9H9F2N3O. The number of halogens is 2. The summed E-state index contributed by atoms with van der Waals surface area (Å²) >= 11 is 0. The summed E-state index contributed by atoms with van der Waals surface area (Å²) < 4.78 is 25.7. The molecule has 2 rings (SSSR count). The average Bonchev–Trinajstić information content (AvgIpc) is 2.59. The lowest BCUT2D eigenvalue weighted by Crippen LogP contribution is -2.22. The molecule has 2 heterocycles. The zero-order valence-corrected chi connectivity index (χ0v) is 7.81. The Bertz CT molecular complexity index is 347. The number of rotatable bonds is 2. The van der Waals surface area contributed by atoms with E-state index in [2.05, 4.69) is 9.97 Å². The lowest BCUT2D eigenvalue weighted by Gasteiger charge is -2.13. The fraction of sp³-hybridized carbons (Fsp3) is 0.444. The van der Waals surface area contributed by atoms with Crippen molar-refractivity contribution in [3.05, 3.63) is 18.0 Å². The van der Waals surface area contributed by atoms with Gasteiger partial charge >= 0.3 is 0 Å². The molecule has 1 aromatic rings. The van der Waals surface area contributed by atoms with Crippen molar-refractivity contribution in [2.24, 2.45) is 0 Å². The van der Waals surface area contributed by atoms with E-state index in [1.54, 1.807) is 0 Å². The molecule has 0 aliphatic carbocycles. The maximum absolute atomic E-state index is 12.9. The van der Waals surface area contributed by atoms with Crippen LogP contribution in [0.3, 0.4) is 0 Å². The van der Waals surface area contributed by atoms with Crippen molar-refractivity contribution >= 4 is 12.2 Å². The molecule has 0 spiro atoms. The molecule has 0 N–H and O–H groups in total. The summed E-state index contributed by atoms with van der Waals surface area (Å²) in [6, 6.07) is 0. The maximum Gasteiger partial charge on any atom is 0.225 e. The van der Waals surface area contributed by atoms with Crippen molar-refractivity contribution in [3.8, 4) is 0 Å². The van der Waals surface area contributed by atoms with Crippen LogP contribution in [0.5, 0.6) is 0 Å². The van der Waals surface area contributed by atoms with Gasteiger partial charge in [-0.2, -0.15) is 0 Å². The van der Waals surface area contributed by atoms with Gasteiger partial charge in [0, 0.05) is 12.4 Å². The summed E-state index contributed by atoms with van der Waals surface area (Å²) in [6.07, 6.45) is 0.296. The van der Waals surface area contributed by atoms with Gasteiger partial charge in [-0.3, -0.25) is 4.79 Å². The number of nitrogens with zero attached hydrogens (tertiary/aromatic N) is 3. The molecule has 80 valence electrons. The van der Waals surface area contributed by atoms with Crippen LogP contribution in [0.25, 0.3) is 0 Å². The summed E-state index contributed by atoms with van der Waals surface area (Å²) in [5, 5.41) is 0. The number of hydrogen-bond acceptors (Lipinski definition) is 4. The molecule has 1 aliphatic rings. The fourth-order valence-corrected chi connectivity index (χ4v) is 1.44. The first-order chi connectivity index (χ1) is 7.20. The zero-order valence-electron chi connectivity index (χ0n) is 7.81. The van der Waals surface area contributed by atoms with Crippen LogP contribution in [-0.4, -0.2) is 41.7 Å². The highest BCUT2D eigenvalue weighted by molar-refractivity contribution is 5.73. The minimum Gasteiger partial charge on any atom is -0.335 e. The number of alkyl halides is 2. The number of carbonyl (C=O) groups is 1. The Morgan fingerprint density at radius 2 is 1.80 bits per heavy atom. The number of aldehydes is 1. The molecule has 6 heteroatoms. The van der Waals surface area contributed by atoms with Crippen molar-refractivity contribution in [1.82, 2.24) is 9.97 Å². The third-order valence-corrected chi connectivity index (χ3v) is 2.26. The van der Waals surface area contributed by atoms with Gasteiger partial charge in [0.15, 0.2) is 18.6 Å². The second kappa shape index (κ2) is 3.88. The van der Waals surface area contributed by atoms with Crippen LogP contribution >= 0.6 is 0 Å². The van der Waals surface area contributed by atoms with Crippen molar-refractivity contribution in [3.63, 3.8) is 0 Å². The third kappa shape index (κ3) is 1.93. The SMILES string of the molecule is O=Cc1cnc(N2C[C@@H](F)[C@@H](F)C2)nc1. The van der Waals surface area contributed by atoms with Gasteiger partial charge in [-0.1, -0.05) is 0 Å². The van der Waals surface area contributed by atoms with Gasteiger partial charge in [-0.05, 0) is 0 Å². The van der Waals surface area contributed by atoms with E-state index >= 15 is 0 Å². The molecule has 0 amide bonds. The van der Waals surface area contributed by atoms with E-state index in [4.69, 9.17) is 0 Å². The molecule has 0 saturated carbocycles. The van der Waals surface area contributed by atoms with Crippen LogP contribution in [0.1, 0.15) is 10.4 Å². The topological polar surface area (TPSA) is 46.1 Å². The highest BCUT2D eigenvalue weighted by Crippen LogP contribution is 2.20. The van der Waals surface area contributed by atoms with E-state index < -0.39 is 12.3 Å². The Morgan fingerprint density at radius 1 is 1.27 bits per heavy atom. The van der Waals surface area contributed by atoms with Gasteiger partial charge in [-0.15, -0.1) is 0 Å². The molecule has 2 atom stereocenters. The molecule has 1 fully saturated rings. The maximum atomic E-state index is 12.9. The van der Waals surface area contributed by atoms with Crippen LogP contribution in [0.4, 0.5) is 14.7 Å². The van der Waals surface area contributed by atoms with Crippen molar-refractivity contribution in [2.75, 3.05) is 18.0 Å². The molecule has 1 saturated heterocycles. The Morgan fingerprint density at radius 3 is 2.27 bits per heavy atom. The lowest BCUT2D eigenvalue weighted by atomic mass is 10.3. The highest BCUT2D eigenvalue weighted by atomic mass is 19.2. The number of carbonyl (C=O) groups excluding carboxylic acids is 1. The second-order valence-electron chi connectivity index (χ2n) is 3.37. The number of anilines is 1. The lowest BCUT2D eigenvalue weighted by molar-refractivity contribution is 0.112. The largest absolute Gasteiger partial charge is 0.335 e. The van der Waals surface area contributed by atoms with Crippen molar-refractivity contribution in [2.45, 2.75) is 12.3 Å². The summed E-state index contributed by atoms with van der Waals surface area (Å²) in [4.78, 5) is 19.5. The molecule has 0 aromatic carbocycles. The summed E-state index contributed by atoms with van der Waals surface area (Å²) in [5.74, 6) is 0.253. The monoisotopic (exact) mass is 213 g/mol. The summed E-state index contributed by atoms with van der Waals surface area (Å²) in [6.45, 7) is -0.0802. The van der Waals surface area contributed by atoms with Crippen LogP contribution in [0.15, 0.2) is 12.4 Å². The van der Waals surface area contributed by atoms with Gasteiger partial charge in [0.2, 0.25) is 5.95 Å². The molecule has 0 bridgehead atoms. The van der Waals surface area contributed by atoms with E-state index in [0.717, 1.165) is 0 Å². The van der Waals surface area contributed by atoms with Gasteiger partial charge in [0.25, 0.3) is 0 Å².